The van der Waals surface area contributed by atoms with Gasteiger partial charge in [-0.3, -0.25) is 14.6 Å². The third-order valence-corrected chi connectivity index (χ3v) is 5.73. The van der Waals surface area contributed by atoms with Gasteiger partial charge in [-0.25, -0.2) is 4.52 Å². The molecule has 0 bridgehead atoms. The number of amides is 2. The molecule has 0 unspecified atom stereocenters. The van der Waals surface area contributed by atoms with E-state index in [0.29, 0.717) is 17.8 Å². The number of aromatic nitrogens is 3. The van der Waals surface area contributed by atoms with Crippen molar-refractivity contribution in [3.63, 3.8) is 0 Å². The normalized spacial score (nSPS) is 12.9. The molecular weight excluding hydrogens is 404 g/mol. The molecule has 3 aromatic heterocycles. The van der Waals surface area contributed by atoms with Gasteiger partial charge in [0, 0.05) is 47.5 Å². The standard InChI is InChI=1S/C24H20N6O2/c1-14(23(26)31)12-29-13-19-17(4-5-20(25)22(19)24(29)32)15-6-8-30-21(9-15)18(11-28-30)16-3-2-7-27-10-16/h2-11H,1,12-13,25H2,(H2,26,31). The van der Waals surface area contributed by atoms with Crippen LogP contribution in [0.25, 0.3) is 27.8 Å². The van der Waals surface area contributed by atoms with Crippen LogP contribution >= 0.6 is 0 Å². The Hall–Kier alpha value is -4.46. The van der Waals surface area contributed by atoms with Gasteiger partial charge in [0.2, 0.25) is 5.91 Å². The van der Waals surface area contributed by atoms with Gasteiger partial charge in [0.05, 0.1) is 23.8 Å². The summed E-state index contributed by atoms with van der Waals surface area (Å²) < 4.78 is 1.80. The average Bonchev–Trinajstić information content (AvgIpc) is 3.36. The van der Waals surface area contributed by atoms with E-state index in [4.69, 9.17) is 11.5 Å². The molecular formula is C24H20N6O2. The molecule has 0 saturated heterocycles. The molecule has 4 aromatic rings. The maximum Gasteiger partial charge on any atom is 0.256 e. The first-order valence-electron chi connectivity index (χ1n) is 10.0. The van der Waals surface area contributed by atoms with Crippen LogP contribution in [0.15, 0.2) is 73.3 Å². The van der Waals surface area contributed by atoms with Crippen molar-refractivity contribution in [2.45, 2.75) is 6.54 Å². The predicted octanol–water partition coefficient (Wildman–Crippen LogP) is 2.64. The minimum absolute atomic E-state index is 0.0640. The molecule has 32 heavy (non-hydrogen) atoms. The summed E-state index contributed by atoms with van der Waals surface area (Å²) in [4.78, 5) is 30.2. The van der Waals surface area contributed by atoms with Gasteiger partial charge in [-0.05, 0) is 41.0 Å². The number of hydrogen-bond donors (Lipinski definition) is 2. The zero-order valence-electron chi connectivity index (χ0n) is 17.2. The van der Waals surface area contributed by atoms with E-state index in [9.17, 15) is 9.59 Å². The fourth-order valence-corrected chi connectivity index (χ4v) is 4.10. The molecule has 5 rings (SSSR count). The Bertz CT molecular complexity index is 1410. The van der Waals surface area contributed by atoms with Crippen molar-refractivity contribution in [3.8, 4) is 22.3 Å². The smallest absolute Gasteiger partial charge is 0.256 e. The highest BCUT2D eigenvalue weighted by molar-refractivity contribution is 6.06. The van der Waals surface area contributed by atoms with Crippen molar-refractivity contribution in [1.82, 2.24) is 19.5 Å². The molecule has 0 atom stereocenters. The molecule has 8 heteroatoms. The average molecular weight is 424 g/mol. The number of primary amides is 1. The van der Waals surface area contributed by atoms with E-state index in [-0.39, 0.29) is 18.0 Å². The van der Waals surface area contributed by atoms with E-state index in [2.05, 4.69) is 16.7 Å². The second-order valence-electron chi connectivity index (χ2n) is 7.73. The summed E-state index contributed by atoms with van der Waals surface area (Å²) in [6, 6.07) is 11.5. The Kier molecular flexibility index (Phi) is 4.48. The summed E-state index contributed by atoms with van der Waals surface area (Å²) in [5.74, 6) is -0.862. The summed E-state index contributed by atoms with van der Waals surface area (Å²) >= 11 is 0. The number of fused-ring (bicyclic) bond motifs is 2. The summed E-state index contributed by atoms with van der Waals surface area (Å²) in [7, 11) is 0. The Morgan fingerprint density at radius 2 is 1.97 bits per heavy atom. The third-order valence-electron chi connectivity index (χ3n) is 5.73. The van der Waals surface area contributed by atoms with Crippen molar-refractivity contribution in [2.75, 3.05) is 12.3 Å². The molecule has 8 nitrogen and oxygen atoms in total. The lowest BCUT2D eigenvalue weighted by atomic mass is 9.95. The van der Waals surface area contributed by atoms with E-state index >= 15 is 0 Å². The number of hydrogen-bond acceptors (Lipinski definition) is 5. The van der Waals surface area contributed by atoms with Crippen LogP contribution in [0.4, 0.5) is 5.69 Å². The molecule has 1 aliphatic heterocycles. The lowest BCUT2D eigenvalue weighted by molar-refractivity contribution is -0.114. The lowest BCUT2D eigenvalue weighted by Crippen LogP contribution is -2.30. The van der Waals surface area contributed by atoms with Gasteiger partial charge in [-0.15, -0.1) is 0 Å². The van der Waals surface area contributed by atoms with Crippen LogP contribution in [-0.2, 0) is 11.3 Å². The Labute approximate surface area is 183 Å². The predicted molar refractivity (Wildman–Crippen MR) is 121 cm³/mol. The van der Waals surface area contributed by atoms with Crippen LogP contribution < -0.4 is 11.5 Å². The minimum Gasteiger partial charge on any atom is -0.398 e. The molecule has 0 saturated carbocycles. The maximum absolute atomic E-state index is 13.0. The first kappa shape index (κ1) is 19.5. The van der Waals surface area contributed by atoms with Crippen LogP contribution in [-0.4, -0.2) is 37.9 Å². The van der Waals surface area contributed by atoms with Crippen LogP contribution in [0.3, 0.4) is 0 Å². The number of nitrogens with zero attached hydrogens (tertiary/aromatic N) is 4. The van der Waals surface area contributed by atoms with Gasteiger partial charge in [0.25, 0.3) is 5.91 Å². The van der Waals surface area contributed by atoms with Crippen molar-refractivity contribution in [1.29, 1.82) is 0 Å². The van der Waals surface area contributed by atoms with Crippen molar-refractivity contribution < 1.29 is 9.59 Å². The maximum atomic E-state index is 13.0. The number of benzene rings is 1. The second-order valence-corrected chi connectivity index (χ2v) is 7.73. The van der Waals surface area contributed by atoms with Crippen LogP contribution in [0.2, 0.25) is 0 Å². The van der Waals surface area contributed by atoms with Gasteiger partial charge in [-0.1, -0.05) is 18.7 Å². The van der Waals surface area contributed by atoms with Gasteiger partial charge < -0.3 is 16.4 Å². The van der Waals surface area contributed by atoms with Crippen molar-refractivity contribution in [3.05, 3.63) is 84.5 Å². The Morgan fingerprint density at radius 3 is 2.72 bits per heavy atom. The Balaban J connectivity index is 1.60. The van der Waals surface area contributed by atoms with E-state index in [0.717, 1.165) is 33.3 Å². The van der Waals surface area contributed by atoms with Crippen LogP contribution in [0.1, 0.15) is 15.9 Å². The molecule has 0 aliphatic carbocycles. The molecule has 0 spiro atoms. The zero-order valence-corrected chi connectivity index (χ0v) is 17.2. The summed E-state index contributed by atoms with van der Waals surface area (Å²) in [5, 5.41) is 4.44. The first-order chi connectivity index (χ1) is 15.4. The monoisotopic (exact) mass is 424 g/mol. The largest absolute Gasteiger partial charge is 0.398 e. The highest BCUT2D eigenvalue weighted by Crippen LogP contribution is 2.37. The minimum atomic E-state index is -0.629. The fourth-order valence-electron chi connectivity index (χ4n) is 4.10. The molecule has 0 radical (unpaired) electrons. The Morgan fingerprint density at radius 1 is 1.12 bits per heavy atom. The number of pyridine rings is 2. The van der Waals surface area contributed by atoms with Gasteiger partial charge in [-0.2, -0.15) is 5.10 Å². The summed E-state index contributed by atoms with van der Waals surface area (Å²) in [5.41, 5.74) is 18.0. The molecule has 2 amide bonds. The molecule has 0 fully saturated rings. The molecule has 1 aromatic carbocycles. The second kappa shape index (κ2) is 7.35. The third kappa shape index (κ3) is 3.09. The van der Waals surface area contributed by atoms with E-state index < -0.39 is 5.91 Å². The van der Waals surface area contributed by atoms with Crippen molar-refractivity contribution in [2.24, 2.45) is 5.73 Å². The quantitative estimate of drug-likeness (QED) is 0.377. The number of rotatable bonds is 5. The molecule has 1 aliphatic rings. The van der Waals surface area contributed by atoms with Crippen LogP contribution in [0.5, 0.6) is 0 Å². The van der Waals surface area contributed by atoms with Crippen molar-refractivity contribution >= 4 is 23.0 Å². The highest BCUT2D eigenvalue weighted by Gasteiger charge is 2.32. The summed E-state index contributed by atoms with van der Waals surface area (Å²) in [6.45, 7) is 4.05. The number of nitrogen functional groups attached to an aromatic ring is 1. The molecule has 158 valence electrons. The summed E-state index contributed by atoms with van der Waals surface area (Å²) in [6.07, 6.45) is 7.22. The fraction of sp³-hybridized carbons (Fsp3) is 0.0833. The number of anilines is 1. The van der Waals surface area contributed by atoms with E-state index in [1.807, 2.05) is 42.7 Å². The number of carbonyl (C=O) groups excluding carboxylic acids is 2. The molecule has 4 N–H and O–H groups in total. The first-order valence-corrected chi connectivity index (χ1v) is 10.0. The van der Waals surface area contributed by atoms with Gasteiger partial charge in [0.1, 0.15) is 0 Å². The van der Waals surface area contributed by atoms with Gasteiger partial charge in [0.15, 0.2) is 0 Å². The SMILES string of the molecule is C=C(CN1Cc2c(-c3ccn4ncc(-c5cccnc5)c4c3)ccc(N)c2C1=O)C(N)=O. The van der Waals surface area contributed by atoms with E-state index in [1.54, 1.807) is 23.0 Å². The highest BCUT2D eigenvalue weighted by atomic mass is 16.2. The number of nitrogens with two attached hydrogens (primary N) is 2. The molecule has 4 heterocycles. The van der Waals surface area contributed by atoms with Gasteiger partial charge >= 0.3 is 0 Å². The topological polar surface area (TPSA) is 120 Å². The van der Waals surface area contributed by atoms with E-state index in [1.165, 1.54) is 4.90 Å². The number of carbonyl (C=O) groups is 2. The zero-order chi connectivity index (χ0) is 22.4. The van der Waals surface area contributed by atoms with Crippen LogP contribution in [0, 0.1) is 0 Å². The lowest BCUT2D eigenvalue weighted by Gasteiger charge is -2.15.